The van der Waals surface area contributed by atoms with Crippen LogP contribution in [-0.2, 0) is 19.1 Å². The molecule has 0 aromatic heterocycles. The summed E-state index contributed by atoms with van der Waals surface area (Å²) in [7, 11) is 0. The van der Waals surface area contributed by atoms with Gasteiger partial charge in [-0.05, 0) is 45.2 Å². The van der Waals surface area contributed by atoms with Crippen molar-refractivity contribution in [1.29, 1.82) is 0 Å². The van der Waals surface area contributed by atoms with E-state index in [1.54, 1.807) is 0 Å². The Bertz CT molecular complexity index is 843. The van der Waals surface area contributed by atoms with Crippen LogP contribution in [0.1, 0.15) is 116 Å². The van der Waals surface area contributed by atoms with E-state index in [2.05, 4.69) is 0 Å². The Morgan fingerprint density at radius 3 is 1.78 bits per heavy atom. The van der Waals surface area contributed by atoms with Gasteiger partial charge in [0.05, 0.1) is 18.2 Å². The Morgan fingerprint density at radius 1 is 0.806 bits per heavy atom. The van der Waals surface area contributed by atoms with E-state index in [1.807, 2.05) is 44.2 Å². The minimum absolute atomic E-state index is 0.119. The van der Waals surface area contributed by atoms with Gasteiger partial charge in [0.1, 0.15) is 0 Å². The zero-order chi connectivity index (χ0) is 26.2. The first-order valence-electron chi connectivity index (χ1n) is 14.2. The molecule has 1 atom stereocenters. The highest BCUT2D eigenvalue weighted by Gasteiger charge is 2.41. The fourth-order valence-corrected chi connectivity index (χ4v) is 4.78. The number of imide groups is 1. The van der Waals surface area contributed by atoms with Crippen molar-refractivity contribution in [3.8, 4) is 0 Å². The number of nitrogens with zero attached hydrogens (tertiary/aromatic N) is 1. The van der Waals surface area contributed by atoms with Crippen LogP contribution in [0, 0.1) is 12.8 Å². The molecule has 1 fully saturated rings. The highest BCUT2D eigenvalue weighted by atomic mass is 16.5. The molecule has 1 aliphatic rings. The summed E-state index contributed by atoms with van der Waals surface area (Å²) in [5.74, 6) is -0.808. The predicted octanol–water partition coefficient (Wildman–Crippen LogP) is 7.85. The van der Waals surface area contributed by atoms with E-state index < -0.39 is 0 Å². The second kappa shape index (κ2) is 17.1. The fourth-order valence-electron chi connectivity index (χ4n) is 4.78. The van der Waals surface area contributed by atoms with Crippen LogP contribution in [0.15, 0.2) is 35.9 Å². The van der Waals surface area contributed by atoms with Crippen molar-refractivity contribution in [2.24, 2.45) is 5.92 Å². The number of benzene rings is 1. The maximum absolute atomic E-state index is 12.9. The third-order valence-corrected chi connectivity index (χ3v) is 7.07. The molecule has 0 bridgehead atoms. The Kier molecular flexibility index (Phi) is 14.2. The van der Waals surface area contributed by atoms with Gasteiger partial charge in [-0.25, -0.2) is 4.90 Å². The van der Waals surface area contributed by atoms with Gasteiger partial charge in [-0.3, -0.25) is 14.4 Å². The van der Waals surface area contributed by atoms with Crippen LogP contribution in [0.3, 0.4) is 0 Å². The number of carbonyl (C=O) groups is 3. The molecule has 1 aromatic rings. The molecule has 0 aliphatic carbocycles. The number of carbonyl (C=O) groups excluding carboxylic acids is 3. The monoisotopic (exact) mass is 497 g/mol. The quantitative estimate of drug-likeness (QED) is 0.0896. The molecule has 1 aromatic carbocycles. The van der Waals surface area contributed by atoms with E-state index in [9.17, 15) is 14.4 Å². The van der Waals surface area contributed by atoms with Gasteiger partial charge in [-0.15, -0.1) is 0 Å². The SMILES string of the molecule is CC(=O)OCCCCCCCCCCCCCCCC/C=C1/C(=O)N(c2ccc(C)cc2)C(=O)C1C. The highest BCUT2D eigenvalue weighted by Crippen LogP contribution is 2.31. The second-order valence-corrected chi connectivity index (χ2v) is 10.3. The molecule has 1 heterocycles. The summed E-state index contributed by atoms with van der Waals surface area (Å²) in [4.78, 5) is 37.5. The largest absolute Gasteiger partial charge is 0.466 e. The molecule has 0 spiro atoms. The van der Waals surface area contributed by atoms with Crippen molar-refractivity contribution in [2.75, 3.05) is 11.5 Å². The van der Waals surface area contributed by atoms with Crippen molar-refractivity contribution >= 4 is 23.5 Å². The zero-order valence-corrected chi connectivity index (χ0v) is 22.9. The van der Waals surface area contributed by atoms with Gasteiger partial charge in [0.15, 0.2) is 0 Å². The smallest absolute Gasteiger partial charge is 0.302 e. The van der Waals surface area contributed by atoms with Crippen molar-refractivity contribution in [2.45, 2.75) is 117 Å². The van der Waals surface area contributed by atoms with Gasteiger partial charge in [0, 0.05) is 12.5 Å². The molecule has 1 saturated heterocycles. The predicted molar refractivity (Wildman–Crippen MR) is 147 cm³/mol. The van der Waals surface area contributed by atoms with Crippen molar-refractivity contribution in [3.63, 3.8) is 0 Å². The van der Waals surface area contributed by atoms with Gasteiger partial charge in [-0.1, -0.05) is 101 Å². The number of unbranched alkanes of at least 4 members (excludes halogenated alkanes) is 14. The van der Waals surface area contributed by atoms with Crippen molar-refractivity contribution in [3.05, 3.63) is 41.5 Å². The van der Waals surface area contributed by atoms with E-state index in [1.165, 1.54) is 82.5 Å². The van der Waals surface area contributed by atoms with Crippen LogP contribution in [0.5, 0.6) is 0 Å². The molecule has 0 saturated carbocycles. The molecule has 5 nitrogen and oxygen atoms in total. The Morgan fingerprint density at radius 2 is 1.28 bits per heavy atom. The van der Waals surface area contributed by atoms with Crippen molar-refractivity contribution < 1.29 is 19.1 Å². The van der Waals surface area contributed by atoms with Crippen LogP contribution < -0.4 is 4.90 Å². The lowest BCUT2D eigenvalue weighted by molar-refractivity contribution is -0.141. The van der Waals surface area contributed by atoms with Gasteiger partial charge in [0.25, 0.3) is 5.91 Å². The fraction of sp³-hybridized carbons (Fsp3) is 0.645. The summed E-state index contributed by atoms with van der Waals surface area (Å²) in [6.07, 6.45) is 20.3. The molecule has 1 unspecified atom stereocenters. The topological polar surface area (TPSA) is 63.7 Å². The lowest BCUT2D eigenvalue weighted by Crippen LogP contribution is -2.30. The number of allylic oxidation sites excluding steroid dienone is 1. The van der Waals surface area contributed by atoms with Gasteiger partial charge < -0.3 is 4.74 Å². The van der Waals surface area contributed by atoms with Crippen LogP contribution >= 0.6 is 0 Å². The highest BCUT2D eigenvalue weighted by molar-refractivity contribution is 6.29. The van der Waals surface area contributed by atoms with Crippen molar-refractivity contribution in [1.82, 2.24) is 0 Å². The first-order valence-corrected chi connectivity index (χ1v) is 14.2. The molecular formula is C31H47NO4. The Hall–Kier alpha value is -2.43. The van der Waals surface area contributed by atoms with E-state index in [0.717, 1.165) is 31.2 Å². The molecular weight excluding hydrogens is 450 g/mol. The van der Waals surface area contributed by atoms with Gasteiger partial charge >= 0.3 is 5.97 Å². The van der Waals surface area contributed by atoms with Crippen LogP contribution in [0.4, 0.5) is 5.69 Å². The lowest BCUT2D eigenvalue weighted by Gasteiger charge is -2.13. The van der Waals surface area contributed by atoms with Gasteiger partial charge in [-0.2, -0.15) is 0 Å². The molecule has 2 rings (SSSR count). The summed E-state index contributed by atoms with van der Waals surface area (Å²) in [6.45, 7) is 5.87. The summed E-state index contributed by atoms with van der Waals surface area (Å²) in [5, 5.41) is 0. The zero-order valence-electron chi connectivity index (χ0n) is 22.9. The Balaban J connectivity index is 1.46. The number of rotatable bonds is 18. The number of hydrogen-bond donors (Lipinski definition) is 0. The molecule has 5 heteroatoms. The van der Waals surface area contributed by atoms with Crippen LogP contribution in [0.25, 0.3) is 0 Å². The molecule has 0 N–H and O–H groups in total. The molecule has 200 valence electrons. The first kappa shape index (κ1) is 29.8. The second-order valence-electron chi connectivity index (χ2n) is 10.3. The average Bonchev–Trinajstić information content (AvgIpc) is 3.06. The number of esters is 1. The van der Waals surface area contributed by atoms with E-state index in [4.69, 9.17) is 4.74 Å². The van der Waals surface area contributed by atoms with Crippen LogP contribution in [-0.4, -0.2) is 24.4 Å². The molecule has 0 radical (unpaired) electrons. The molecule has 2 amide bonds. The van der Waals surface area contributed by atoms with E-state index >= 15 is 0 Å². The number of ether oxygens (including phenoxy) is 1. The lowest BCUT2D eigenvalue weighted by atomic mass is 10.0. The molecule has 1 aliphatic heterocycles. The van der Waals surface area contributed by atoms with E-state index in [-0.39, 0.29) is 23.7 Å². The number of aryl methyl sites for hydroxylation is 1. The number of amides is 2. The number of hydrogen-bond acceptors (Lipinski definition) is 4. The summed E-state index contributed by atoms with van der Waals surface area (Å²) < 4.78 is 4.95. The third-order valence-electron chi connectivity index (χ3n) is 7.07. The van der Waals surface area contributed by atoms with Crippen LogP contribution in [0.2, 0.25) is 0 Å². The normalized spacial score (nSPS) is 16.8. The summed E-state index contributed by atoms with van der Waals surface area (Å²) in [5.41, 5.74) is 2.43. The standard InChI is InChI=1S/C31H47NO4/c1-25-20-22-28(23-21-25)32-30(34)26(2)29(31(32)35)19-17-15-13-11-9-7-5-4-6-8-10-12-14-16-18-24-36-27(3)33/h19-23,26H,4-18,24H2,1-3H3/b29-19+. The maximum Gasteiger partial charge on any atom is 0.302 e. The minimum atomic E-state index is -0.355. The third kappa shape index (κ3) is 10.7. The summed E-state index contributed by atoms with van der Waals surface area (Å²) in [6, 6.07) is 7.56. The minimum Gasteiger partial charge on any atom is -0.466 e. The van der Waals surface area contributed by atoms with Gasteiger partial charge in [0.2, 0.25) is 5.91 Å². The number of anilines is 1. The first-order chi connectivity index (χ1) is 17.4. The molecule has 36 heavy (non-hydrogen) atoms. The maximum atomic E-state index is 12.9. The average molecular weight is 498 g/mol. The Labute approximate surface area is 218 Å². The van der Waals surface area contributed by atoms with E-state index in [0.29, 0.717) is 17.9 Å². The summed E-state index contributed by atoms with van der Waals surface area (Å²) >= 11 is 0.